The number of likely N-dealkylation sites (N-methyl/N-ethyl adjacent to an activating group) is 1. The van der Waals surface area contributed by atoms with Crippen molar-refractivity contribution in [3.05, 3.63) is 29.6 Å². The van der Waals surface area contributed by atoms with Crippen LogP contribution in [0.2, 0.25) is 0 Å². The molecule has 0 aliphatic carbocycles. The summed E-state index contributed by atoms with van der Waals surface area (Å²) < 4.78 is 19.8. The molecule has 1 atom stereocenters. The number of ether oxygens (including phenoxy) is 1. The molecule has 1 unspecified atom stereocenters. The second kappa shape index (κ2) is 13.2. The lowest BCUT2D eigenvalue weighted by atomic mass is 10.1. The Morgan fingerprint density at radius 2 is 1.96 bits per heavy atom. The van der Waals surface area contributed by atoms with Crippen molar-refractivity contribution >= 4 is 35.6 Å². The van der Waals surface area contributed by atoms with E-state index in [1.54, 1.807) is 13.2 Å². The number of benzene rings is 1. The van der Waals surface area contributed by atoms with Gasteiger partial charge in [-0.2, -0.15) is 0 Å². The summed E-state index contributed by atoms with van der Waals surface area (Å²) in [6.45, 7) is 12.8. The summed E-state index contributed by atoms with van der Waals surface area (Å²) >= 11 is 0. The zero-order valence-corrected chi connectivity index (χ0v) is 19.8. The molecule has 1 aliphatic rings. The van der Waals surface area contributed by atoms with Gasteiger partial charge >= 0.3 is 0 Å². The van der Waals surface area contributed by atoms with E-state index < -0.39 is 0 Å². The highest BCUT2D eigenvalue weighted by Crippen LogP contribution is 2.22. The van der Waals surface area contributed by atoms with Crippen LogP contribution in [0.4, 0.5) is 10.1 Å². The Hall–Kier alpha value is -1.13. The Kier molecular flexibility index (Phi) is 11.7. The number of halogens is 2. The van der Waals surface area contributed by atoms with Crippen LogP contribution in [0.1, 0.15) is 26.3 Å². The molecule has 8 heteroatoms. The van der Waals surface area contributed by atoms with Crippen molar-refractivity contribution in [2.24, 2.45) is 4.99 Å². The van der Waals surface area contributed by atoms with Gasteiger partial charge < -0.3 is 25.2 Å². The maximum absolute atomic E-state index is 14.6. The van der Waals surface area contributed by atoms with Crippen LogP contribution >= 0.6 is 24.0 Å². The van der Waals surface area contributed by atoms with Crippen molar-refractivity contribution in [3.8, 4) is 0 Å². The van der Waals surface area contributed by atoms with Crippen molar-refractivity contribution in [1.82, 2.24) is 15.5 Å². The first-order valence-electron chi connectivity index (χ1n) is 9.86. The lowest BCUT2D eigenvalue weighted by Gasteiger charge is -2.35. The highest BCUT2D eigenvalue weighted by atomic mass is 127. The van der Waals surface area contributed by atoms with E-state index in [1.165, 1.54) is 0 Å². The predicted octanol–water partition coefficient (Wildman–Crippen LogP) is 2.68. The molecule has 0 radical (unpaired) electrons. The van der Waals surface area contributed by atoms with E-state index in [9.17, 15) is 4.39 Å². The molecule has 28 heavy (non-hydrogen) atoms. The Labute approximate surface area is 185 Å². The van der Waals surface area contributed by atoms with Gasteiger partial charge in [0.05, 0.1) is 18.8 Å². The third-order valence-corrected chi connectivity index (χ3v) is 4.74. The second-order valence-electron chi connectivity index (χ2n) is 6.90. The van der Waals surface area contributed by atoms with Gasteiger partial charge in [-0.15, -0.1) is 24.0 Å². The van der Waals surface area contributed by atoms with Gasteiger partial charge in [-0.05, 0) is 38.1 Å². The van der Waals surface area contributed by atoms with E-state index in [0.29, 0.717) is 24.8 Å². The number of guanidine groups is 1. The zero-order valence-electron chi connectivity index (χ0n) is 17.5. The summed E-state index contributed by atoms with van der Waals surface area (Å²) in [4.78, 5) is 9.08. The summed E-state index contributed by atoms with van der Waals surface area (Å²) in [7, 11) is 1.68. The minimum atomic E-state index is -0.168. The van der Waals surface area contributed by atoms with Crippen molar-refractivity contribution in [2.45, 2.75) is 33.4 Å². The summed E-state index contributed by atoms with van der Waals surface area (Å²) in [5.74, 6) is 0.542. The SMILES string of the molecule is CCNC(=NCc1ccc(N2CCN(CC)CC2)c(F)c1)NC(C)COC.I. The Morgan fingerprint density at radius 3 is 2.54 bits per heavy atom. The van der Waals surface area contributed by atoms with Crippen LogP contribution in [-0.2, 0) is 11.3 Å². The molecule has 6 nitrogen and oxygen atoms in total. The van der Waals surface area contributed by atoms with Gasteiger partial charge in [0.25, 0.3) is 0 Å². The van der Waals surface area contributed by atoms with Crippen LogP contribution in [0, 0.1) is 5.82 Å². The first kappa shape index (κ1) is 24.9. The van der Waals surface area contributed by atoms with Crippen molar-refractivity contribution in [2.75, 3.05) is 57.9 Å². The van der Waals surface area contributed by atoms with E-state index >= 15 is 0 Å². The van der Waals surface area contributed by atoms with Crippen LogP contribution in [0.15, 0.2) is 23.2 Å². The number of piperazine rings is 1. The molecule has 1 saturated heterocycles. The molecule has 1 aromatic carbocycles. The van der Waals surface area contributed by atoms with Crippen molar-refractivity contribution in [1.29, 1.82) is 0 Å². The van der Waals surface area contributed by atoms with Gasteiger partial charge in [-0.25, -0.2) is 9.38 Å². The fraction of sp³-hybridized carbons (Fsp3) is 0.650. The Bertz CT molecular complexity index is 608. The predicted molar refractivity (Wildman–Crippen MR) is 125 cm³/mol. The monoisotopic (exact) mass is 507 g/mol. The molecule has 0 saturated carbocycles. The molecule has 0 bridgehead atoms. The molecule has 160 valence electrons. The topological polar surface area (TPSA) is 52.1 Å². The van der Waals surface area contributed by atoms with Crippen molar-refractivity contribution in [3.63, 3.8) is 0 Å². The Balaban J connectivity index is 0.00000392. The maximum Gasteiger partial charge on any atom is 0.191 e. The number of methoxy groups -OCH3 is 1. The number of hydrogen-bond donors (Lipinski definition) is 2. The average molecular weight is 507 g/mol. The third kappa shape index (κ3) is 7.71. The number of nitrogens with zero attached hydrogens (tertiary/aromatic N) is 3. The first-order chi connectivity index (χ1) is 13.1. The standard InChI is InChI=1S/C20H34FN5O.HI/c1-5-22-20(24-16(3)15-27-4)23-14-17-7-8-19(18(21)13-17)26-11-9-25(6-2)10-12-26;/h7-8,13,16H,5-6,9-12,14-15H2,1-4H3,(H2,22,23,24);1H. The summed E-state index contributed by atoms with van der Waals surface area (Å²) in [6.07, 6.45) is 0. The highest BCUT2D eigenvalue weighted by molar-refractivity contribution is 14.0. The largest absolute Gasteiger partial charge is 0.383 e. The molecule has 0 amide bonds. The molecule has 1 heterocycles. The number of nitrogens with one attached hydrogen (secondary N) is 2. The van der Waals surface area contributed by atoms with Gasteiger partial charge in [0, 0.05) is 45.9 Å². The van der Waals surface area contributed by atoms with Gasteiger partial charge in [-0.3, -0.25) is 0 Å². The lowest BCUT2D eigenvalue weighted by molar-refractivity contribution is 0.179. The van der Waals surface area contributed by atoms with Gasteiger partial charge in [0.1, 0.15) is 5.82 Å². The minimum Gasteiger partial charge on any atom is -0.383 e. The fourth-order valence-corrected chi connectivity index (χ4v) is 3.23. The van der Waals surface area contributed by atoms with E-state index in [1.807, 2.05) is 26.0 Å². The third-order valence-electron chi connectivity index (χ3n) is 4.74. The van der Waals surface area contributed by atoms with E-state index in [-0.39, 0.29) is 35.8 Å². The van der Waals surface area contributed by atoms with Crippen molar-refractivity contribution < 1.29 is 9.13 Å². The van der Waals surface area contributed by atoms with Gasteiger partial charge in [0.2, 0.25) is 0 Å². The molecule has 2 rings (SSSR count). The Morgan fingerprint density at radius 1 is 1.25 bits per heavy atom. The zero-order chi connectivity index (χ0) is 19.6. The van der Waals surface area contributed by atoms with E-state index in [0.717, 1.165) is 44.8 Å². The van der Waals surface area contributed by atoms with Crippen LogP contribution in [0.25, 0.3) is 0 Å². The molecule has 0 aromatic heterocycles. The molecular weight excluding hydrogens is 472 g/mol. The fourth-order valence-electron chi connectivity index (χ4n) is 3.23. The summed E-state index contributed by atoms with van der Waals surface area (Å²) in [5, 5.41) is 6.49. The molecule has 1 aromatic rings. The quantitative estimate of drug-likeness (QED) is 0.322. The molecule has 1 aliphatic heterocycles. The summed E-state index contributed by atoms with van der Waals surface area (Å²) in [5.41, 5.74) is 1.55. The molecule has 0 spiro atoms. The van der Waals surface area contributed by atoms with Gasteiger partial charge in [-0.1, -0.05) is 13.0 Å². The smallest absolute Gasteiger partial charge is 0.191 e. The normalized spacial score (nSPS) is 16.5. The first-order valence-corrected chi connectivity index (χ1v) is 9.86. The molecular formula is C20H35FIN5O. The number of aliphatic imine (C=N–C) groups is 1. The lowest BCUT2D eigenvalue weighted by Crippen LogP contribution is -2.46. The summed E-state index contributed by atoms with van der Waals surface area (Å²) in [6, 6.07) is 5.60. The van der Waals surface area contributed by atoms with Crippen LogP contribution in [-0.4, -0.2) is 69.9 Å². The van der Waals surface area contributed by atoms with Crippen LogP contribution in [0.5, 0.6) is 0 Å². The highest BCUT2D eigenvalue weighted by Gasteiger charge is 2.18. The van der Waals surface area contributed by atoms with E-state index in [2.05, 4.69) is 32.3 Å². The molecule has 1 fully saturated rings. The number of hydrogen-bond acceptors (Lipinski definition) is 4. The van der Waals surface area contributed by atoms with E-state index in [4.69, 9.17) is 4.74 Å². The molecule has 2 N–H and O–H groups in total. The average Bonchev–Trinajstić information content (AvgIpc) is 2.67. The second-order valence-corrected chi connectivity index (χ2v) is 6.90. The maximum atomic E-state index is 14.6. The van der Waals surface area contributed by atoms with Crippen LogP contribution in [0.3, 0.4) is 0 Å². The van der Waals surface area contributed by atoms with Gasteiger partial charge in [0.15, 0.2) is 5.96 Å². The minimum absolute atomic E-state index is 0. The number of anilines is 1. The number of rotatable bonds is 8. The van der Waals surface area contributed by atoms with Crippen LogP contribution < -0.4 is 15.5 Å².